The fourth-order valence-corrected chi connectivity index (χ4v) is 1.52. The highest BCUT2D eigenvalue weighted by atomic mass is 19.1. The number of aliphatic hydroxyl groups is 1. The van der Waals surface area contributed by atoms with Gasteiger partial charge in [-0.2, -0.15) is 0 Å². The lowest BCUT2D eigenvalue weighted by molar-refractivity contribution is 0.160. The van der Waals surface area contributed by atoms with Crippen LogP contribution in [0.4, 0.5) is 4.39 Å². The monoisotopic (exact) mass is 180 g/mol. The average Bonchev–Trinajstić information content (AvgIpc) is 2.88. The molecule has 13 heavy (non-hydrogen) atoms. The first-order valence-corrected chi connectivity index (χ1v) is 4.69. The van der Waals surface area contributed by atoms with Crippen molar-refractivity contribution >= 4 is 0 Å². The molecular weight excluding hydrogens is 167 g/mol. The molecule has 1 aliphatic carbocycles. The highest BCUT2D eigenvalue weighted by Crippen LogP contribution is 2.37. The Morgan fingerprint density at radius 3 is 2.85 bits per heavy atom. The molecular formula is C11H13FO. The van der Waals surface area contributed by atoms with E-state index >= 15 is 0 Å². The molecule has 1 aromatic carbocycles. The van der Waals surface area contributed by atoms with Gasteiger partial charge in [0, 0.05) is 0 Å². The molecule has 1 aliphatic rings. The average molecular weight is 180 g/mol. The topological polar surface area (TPSA) is 20.2 Å². The van der Waals surface area contributed by atoms with Crippen molar-refractivity contribution in [1.29, 1.82) is 0 Å². The van der Waals surface area contributed by atoms with Crippen LogP contribution in [0, 0.1) is 11.7 Å². The van der Waals surface area contributed by atoms with Crippen molar-refractivity contribution in [3.05, 3.63) is 35.6 Å². The molecule has 1 N–H and O–H groups in total. The third kappa shape index (κ3) is 2.28. The van der Waals surface area contributed by atoms with Crippen molar-refractivity contribution in [3.63, 3.8) is 0 Å². The van der Waals surface area contributed by atoms with Gasteiger partial charge in [-0.1, -0.05) is 25.0 Å². The number of hydrogen-bond donors (Lipinski definition) is 1. The fourth-order valence-electron chi connectivity index (χ4n) is 1.52. The Balaban J connectivity index is 2.04. The minimum Gasteiger partial charge on any atom is -0.388 e. The quantitative estimate of drug-likeness (QED) is 0.758. The van der Waals surface area contributed by atoms with Crippen LogP contribution in [0.5, 0.6) is 0 Å². The van der Waals surface area contributed by atoms with Crippen LogP contribution in [0.15, 0.2) is 24.3 Å². The fraction of sp³-hybridized carbons (Fsp3) is 0.455. The highest BCUT2D eigenvalue weighted by Gasteiger charge is 2.25. The van der Waals surface area contributed by atoms with Crippen molar-refractivity contribution in [2.75, 3.05) is 0 Å². The van der Waals surface area contributed by atoms with Crippen LogP contribution in [0.25, 0.3) is 0 Å². The predicted octanol–water partition coefficient (Wildman–Crippen LogP) is 2.66. The Hall–Kier alpha value is -0.890. The minimum atomic E-state index is -0.483. The lowest BCUT2D eigenvalue weighted by Crippen LogP contribution is -1.98. The van der Waals surface area contributed by atoms with Gasteiger partial charge in [-0.05, 0) is 30.0 Å². The van der Waals surface area contributed by atoms with Gasteiger partial charge in [0.1, 0.15) is 5.82 Å². The smallest absolute Gasteiger partial charge is 0.123 e. The van der Waals surface area contributed by atoms with E-state index in [1.807, 2.05) is 0 Å². The summed E-state index contributed by atoms with van der Waals surface area (Å²) < 4.78 is 12.8. The first-order chi connectivity index (χ1) is 6.25. The van der Waals surface area contributed by atoms with Gasteiger partial charge in [0.25, 0.3) is 0 Å². The minimum absolute atomic E-state index is 0.271. The number of aliphatic hydroxyl groups excluding tert-OH is 1. The van der Waals surface area contributed by atoms with Crippen molar-refractivity contribution in [2.24, 2.45) is 5.92 Å². The van der Waals surface area contributed by atoms with Gasteiger partial charge in [-0.3, -0.25) is 0 Å². The molecule has 0 spiro atoms. The van der Waals surface area contributed by atoms with Crippen molar-refractivity contribution < 1.29 is 9.50 Å². The van der Waals surface area contributed by atoms with Gasteiger partial charge in [0.15, 0.2) is 0 Å². The zero-order valence-corrected chi connectivity index (χ0v) is 7.41. The van der Waals surface area contributed by atoms with Crippen LogP contribution in [-0.4, -0.2) is 5.11 Å². The van der Waals surface area contributed by atoms with Crippen LogP contribution < -0.4 is 0 Å². The first kappa shape index (κ1) is 8.70. The van der Waals surface area contributed by atoms with E-state index in [9.17, 15) is 9.50 Å². The molecule has 2 rings (SSSR count). The summed E-state index contributed by atoms with van der Waals surface area (Å²) in [4.78, 5) is 0. The SMILES string of the molecule is OC(CC1CC1)c1cccc(F)c1. The summed E-state index contributed by atoms with van der Waals surface area (Å²) in [5.41, 5.74) is 0.701. The van der Waals surface area contributed by atoms with Gasteiger partial charge in [0.05, 0.1) is 6.10 Å². The first-order valence-electron chi connectivity index (χ1n) is 4.69. The third-order valence-corrected chi connectivity index (χ3v) is 2.49. The van der Waals surface area contributed by atoms with E-state index in [4.69, 9.17) is 0 Å². The second-order valence-electron chi connectivity index (χ2n) is 3.75. The van der Waals surface area contributed by atoms with E-state index in [0.29, 0.717) is 11.5 Å². The van der Waals surface area contributed by atoms with E-state index in [1.54, 1.807) is 12.1 Å². The summed E-state index contributed by atoms with van der Waals surface area (Å²) in [6, 6.07) is 6.22. The largest absolute Gasteiger partial charge is 0.388 e. The molecule has 1 aromatic rings. The van der Waals surface area contributed by atoms with Crippen LogP contribution in [0.3, 0.4) is 0 Å². The maximum Gasteiger partial charge on any atom is 0.123 e. The molecule has 0 bridgehead atoms. The normalized spacial score (nSPS) is 18.6. The van der Waals surface area contributed by atoms with Crippen molar-refractivity contribution in [1.82, 2.24) is 0 Å². The number of hydrogen-bond acceptors (Lipinski definition) is 1. The molecule has 0 aromatic heterocycles. The Morgan fingerprint density at radius 1 is 1.46 bits per heavy atom. The van der Waals surface area contributed by atoms with Crippen LogP contribution in [0.1, 0.15) is 30.9 Å². The number of benzene rings is 1. The van der Waals surface area contributed by atoms with Gasteiger partial charge in [-0.25, -0.2) is 4.39 Å². The van der Waals surface area contributed by atoms with Crippen molar-refractivity contribution in [2.45, 2.75) is 25.4 Å². The summed E-state index contributed by atoms with van der Waals surface area (Å²) in [6.07, 6.45) is 2.73. The Bertz CT molecular complexity index is 294. The van der Waals surface area contributed by atoms with Crippen LogP contribution in [-0.2, 0) is 0 Å². The maximum atomic E-state index is 12.8. The third-order valence-electron chi connectivity index (χ3n) is 2.49. The standard InChI is InChI=1S/C11H13FO/c12-10-3-1-2-9(7-10)11(13)6-8-4-5-8/h1-3,7-8,11,13H,4-6H2. The summed E-state index contributed by atoms with van der Waals surface area (Å²) in [6.45, 7) is 0. The predicted molar refractivity (Wildman–Crippen MR) is 48.7 cm³/mol. The summed E-state index contributed by atoms with van der Waals surface area (Å²) in [5.74, 6) is 0.394. The molecule has 0 saturated heterocycles. The Kier molecular flexibility index (Phi) is 2.32. The number of rotatable bonds is 3. The lowest BCUT2D eigenvalue weighted by Gasteiger charge is -2.09. The molecule has 0 radical (unpaired) electrons. The second kappa shape index (κ2) is 3.46. The van der Waals surface area contributed by atoms with E-state index in [1.165, 1.54) is 25.0 Å². The van der Waals surface area contributed by atoms with Gasteiger partial charge >= 0.3 is 0 Å². The molecule has 1 atom stereocenters. The molecule has 1 unspecified atom stereocenters. The van der Waals surface area contributed by atoms with Gasteiger partial charge < -0.3 is 5.11 Å². The van der Waals surface area contributed by atoms with Crippen molar-refractivity contribution in [3.8, 4) is 0 Å². The van der Waals surface area contributed by atoms with E-state index in [-0.39, 0.29) is 5.82 Å². The summed E-state index contributed by atoms with van der Waals surface area (Å²) in [7, 11) is 0. The van der Waals surface area contributed by atoms with Gasteiger partial charge in [-0.15, -0.1) is 0 Å². The maximum absolute atomic E-state index is 12.8. The highest BCUT2D eigenvalue weighted by molar-refractivity contribution is 5.18. The molecule has 1 nitrogen and oxygen atoms in total. The van der Waals surface area contributed by atoms with Crippen LogP contribution >= 0.6 is 0 Å². The van der Waals surface area contributed by atoms with Crippen LogP contribution in [0.2, 0.25) is 0 Å². The molecule has 0 amide bonds. The Labute approximate surface area is 77.2 Å². The van der Waals surface area contributed by atoms with E-state index < -0.39 is 6.10 Å². The second-order valence-corrected chi connectivity index (χ2v) is 3.75. The molecule has 0 heterocycles. The molecule has 1 saturated carbocycles. The Morgan fingerprint density at radius 2 is 2.23 bits per heavy atom. The van der Waals surface area contributed by atoms with E-state index in [0.717, 1.165) is 6.42 Å². The molecule has 2 heteroatoms. The summed E-state index contributed by atoms with van der Waals surface area (Å²) >= 11 is 0. The molecule has 70 valence electrons. The number of halogens is 1. The zero-order chi connectivity index (χ0) is 9.26. The zero-order valence-electron chi connectivity index (χ0n) is 7.41. The molecule has 1 fully saturated rings. The molecule has 0 aliphatic heterocycles. The van der Waals surface area contributed by atoms with Gasteiger partial charge in [0.2, 0.25) is 0 Å². The lowest BCUT2D eigenvalue weighted by atomic mass is 10.0. The summed E-state index contributed by atoms with van der Waals surface area (Å²) in [5, 5.41) is 9.69. The van der Waals surface area contributed by atoms with E-state index in [2.05, 4.69) is 0 Å².